The van der Waals surface area contributed by atoms with Crippen molar-refractivity contribution in [1.29, 1.82) is 0 Å². The number of rotatable bonds is 6. The number of benzene rings is 1. The normalized spacial score (nSPS) is 16.6. The Bertz CT molecular complexity index is 1060. The summed E-state index contributed by atoms with van der Waals surface area (Å²) < 4.78 is 21.1. The summed E-state index contributed by atoms with van der Waals surface area (Å²) in [5.41, 5.74) is 2.18. The van der Waals surface area contributed by atoms with Crippen LogP contribution in [0.5, 0.6) is 5.75 Å². The van der Waals surface area contributed by atoms with E-state index in [4.69, 9.17) is 9.72 Å². The number of amides is 1. The van der Waals surface area contributed by atoms with Crippen molar-refractivity contribution in [3.05, 3.63) is 53.7 Å². The van der Waals surface area contributed by atoms with Gasteiger partial charge >= 0.3 is 0 Å². The van der Waals surface area contributed by atoms with Gasteiger partial charge in [0, 0.05) is 37.8 Å². The first-order valence-corrected chi connectivity index (χ1v) is 10.4. The topological polar surface area (TPSA) is 60.2 Å². The van der Waals surface area contributed by atoms with Gasteiger partial charge in [-0.2, -0.15) is 0 Å². The van der Waals surface area contributed by atoms with Crippen molar-refractivity contribution in [1.82, 2.24) is 19.4 Å². The minimum atomic E-state index is -0.519. The van der Waals surface area contributed by atoms with Gasteiger partial charge in [-0.1, -0.05) is 13.8 Å². The number of fused-ring (bicyclic) bond motifs is 1. The molecule has 4 rings (SSSR count). The van der Waals surface area contributed by atoms with Crippen molar-refractivity contribution < 1.29 is 13.9 Å². The molecule has 1 saturated heterocycles. The number of imidazole rings is 1. The molecule has 3 heterocycles. The van der Waals surface area contributed by atoms with Crippen LogP contribution in [-0.4, -0.2) is 45.5 Å². The third-order valence-electron chi connectivity index (χ3n) is 5.57. The van der Waals surface area contributed by atoms with E-state index in [0.29, 0.717) is 30.5 Å². The fourth-order valence-corrected chi connectivity index (χ4v) is 4.14. The van der Waals surface area contributed by atoms with Gasteiger partial charge in [-0.15, -0.1) is 0 Å². The zero-order valence-corrected chi connectivity index (χ0v) is 17.6. The molecule has 1 aliphatic rings. The van der Waals surface area contributed by atoms with E-state index < -0.39 is 5.82 Å². The molecule has 1 aromatic carbocycles. The maximum atomic E-state index is 14.0. The standard InChI is InChI=1S/C23H27FN4O2/c1-15(2)13-28-21(26-19-5-4-9-25-22(19)28)11-16-8-10-27(14-16)23(29)17-6-7-20(30-3)18(24)12-17/h4-7,9,12,15-16H,8,10-11,13-14H2,1-3H3. The van der Waals surface area contributed by atoms with E-state index in [1.165, 1.54) is 19.2 Å². The van der Waals surface area contributed by atoms with Gasteiger partial charge in [0.1, 0.15) is 11.3 Å². The predicted octanol–water partition coefficient (Wildman–Crippen LogP) is 3.94. The molecule has 1 unspecified atom stereocenters. The van der Waals surface area contributed by atoms with Gasteiger partial charge in [-0.05, 0) is 48.6 Å². The first-order chi connectivity index (χ1) is 14.5. The molecule has 1 aliphatic heterocycles. The Balaban J connectivity index is 1.49. The lowest BCUT2D eigenvalue weighted by Gasteiger charge is -2.17. The van der Waals surface area contributed by atoms with Crippen molar-refractivity contribution in [3.63, 3.8) is 0 Å². The molecule has 30 heavy (non-hydrogen) atoms. The molecule has 7 heteroatoms. The van der Waals surface area contributed by atoms with Crippen molar-refractivity contribution in [2.24, 2.45) is 11.8 Å². The highest BCUT2D eigenvalue weighted by atomic mass is 19.1. The number of methoxy groups -OCH3 is 1. The highest BCUT2D eigenvalue weighted by molar-refractivity contribution is 5.94. The Labute approximate surface area is 175 Å². The van der Waals surface area contributed by atoms with E-state index in [-0.39, 0.29) is 11.7 Å². The molecular formula is C23H27FN4O2. The van der Waals surface area contributed by atoms with Gasteiger partial charge in [0.15, 0.2) is 17.2 Å². The van der Waals surface area contributed by atoms with Crippen molar-refractivity contribution in [3.8, 4) is 5.75 Å². The number of hydrogen-bond donors (Lipinski definition) is 0. The molecular weight excluding hydrogens is 383 g/mol. The van der Waals surface area contributed by atoms with Gasteiger partial charge in [0.25, 0.3) is 5.91 Å². The molecule has 0 N–H and O–H groups in total. The maximum absolute atomic E-state index is 14.0. The number of hydrogen-bond acceptors (Lipinski definition) is 4. The van der Waals surface area contributed by atoms with Crippen molar-refractivity contribution in [2.75, 3.05) is 20.2 Å². The summed E-state index contributed by atoms with van der Waals surface area (Å²) >= 11 is 0. The maximum Gasteiger partial charge on any atom is 0.253 e. The van der Waals surface area contributed by atoms with Gasteiger partial charge in [-0.3, -0.25) is 4.79 Å². The molecule has 3 aromatic rings. The average molecular weight is 410 g/mol. The summed E-state index contributed by atoms with van der Waals surface area (Å²) in [5, 5.41) is 0. The van der Waals surface area contributed by atoms with E-state index in [1.807, 2.05) is 12.1 Å². The fraction of sp³-hybridized carbons (Fsp3) is 0.435. The molecule has 1 amide bonds. The van der Waals surface area contributed by atoms with Gasteiger partial charge in [-0.25, -0.2) is 14.4 Å². The van der Waals surface area contributed by atoms with Crippen LogP contribution in [0.3, 0.4) is 0 Å². The van der Waals surface area contributed by atoms with E-state index in [1.54, 1.807) is 17.2 Å². The Morgan fingerprint density at radius 2 is 2.17 bits per heavy atom. The minimum absolute atomic E-state index is 0.142. The number of nitrogens with zero attached hydrogens (tertiary/aromatic N) is 4. The number of carbonyl (C=O) groups excluding carboxylic acids is 1. The summed E-state index contributed by atoms with van der Waals surface area (Å²) in [4.78, 5) is 24.0. The van der Waals surface area contributed by atoms with Crippen LogP contribution in [0.4, 0.5) is 4.39 Å². The van der Waals surface area contributed by atoms with Crippen LogP contribution < -0.4 is 4.74 Å². The number of pyridine rings is 1. The van der Waals surface area contributed by atoms with Crippen LogP contribution in [0.2, 0.25) is 0 Å². The van der Waals surface area contributed by atoms with E-state index >= 15 is 0 Å². The van der Waals surface area contributed by atoms with Gasteiger partial charge < -0.3 is 14.2 Å². The number of halogens is 1. The zero-order chi connectivity index (χ0) is 21.3. The van der Waals surface area contributed by atoms with E-state index in [0.717, 1.165) is 36.4 Å². The Morgan fingerprint density at radius 1 is 1.33 bits per heavy atom. The number of ether oxygens (including phenoxy) is 1. The first-order valence-electron chi connectivity index (χ1n) is 10.4. The second-order valence-electron chi connectivity index (χ2n) is 8.34. The highest BCUT2D eigenvalue weighted by Gasteiger charge is 2.29. The molecule has 158 valence electrons. The highest BCUT2D eigenvalue weighted by Crippen LogP contribution is 2.26. The molecule has 2 aromatic heterocycles. The Hall–Kier alpha value is -2.96. The lowest BCUT2D eigenvalue weighted by Crippen LogP contribution is -2.29. The van der Waals surface area contributed by atoms with Crippen LogP contribution in [0.1, 0.15) is 36.5 Å². The molecule has 6 nitrogen and oxygen atoms in total. The lowest BCUT2D eigenvalue weighted by molar-refractivity contribution is 0.0786. The largest absolute Gasteiger partial charge is 0.494 e. The summed E-state index contributed by atoms with van der Waals surface area (Å²) in [7, 11) is 1.41. The zero-order valence-electron chi connectivity index (χ0n) is 17.6. The van der Waals surface area contributed by atoms with Crippen molar-refractivity contribution in [2.45, 2.75) is 33.2 Å². The first kappa shape index (κ1) is 20.3. The third kappa shape index (κ3) is 4.01. The number of aromatic nitrogens is 3. The van der Waals surface area contributed by atoms with Crippen LogP contribution in [0.25, 0.3) is 11.2 Å². The predicted molar refractivity (Wildman–Crippen MR) is 113 cm³/mol. The van der Waals surface area contributed by atoms with Crippen LogP contribution in [-0.2, 0) is 13.0 Å². The SMILES string of the molecule is COc1ccc(C(=O)N2CCC(Cc3nc4cccnc4n3CC(C)C)C2)cc1F. The Morgan fingerprint density at radius 3 is 2.90 bits per heavy atom. The quantitative estimate of drug-likeness (QED) is 0.618. The van der Waals surface area contributed by atoms with Gasteiger partial charge in [0.2, 0.25) is 0 Å². The molecule has 0 aliphatic carbocycles. The summed E-state index contributed by atoms with van der Waals surface area (Å²) in [6, 6.07) is 8.26. The molecule has 1 fully saturated rings. The summed E-state index contributed by atoms with van der Waals surface area (Å²) in [6.45, 7) is 6.54. The van der Waals surface area contributed by atoms with E-state index in [2.05, 4.69) is 23.4 Å². The molecule has 0 radical (unpaired) electrons. The Kier molecular flexibility index (Phi) is 5.70. The molecule has 0 saturated carbocycles. The second kappa shape index (κ2) is 8.42. The summed E-state index contributed by atoms with van der Waals surface area (Å²) in [6.07, 6.45) is 3.50. The monoisotopic (exact) mass is 410 g/mol. The van der Waals surface area contributed by atoms with Crippen LogP contribution in [0, 0.1) is 17.7 Å². The average Bonchev–Trinajstić information content (AvgIpc) is 3.32. The number of likely N-dealkylation sites (tertiary alicyclic amines) is 1. The van der Waals surface area contributed by atoms with Crippen LogP contribution >= 0.6 is 0 Å². The van der Waals surface area contributed by atoms with E-state index in [9.17, 15) is 9.18 Å². The smallest absolute Gasteiger partial charge is 0.253 e. The summed E-state index contributed by atoms with van der Waals surface area (Å²) in [5.74, 6) is 1.30. The minimum Gasteiger partial charge on any atom is -0.494 e. The van der Waals surface area contributed by atoms with Gasteiger partial charge in [0.05, 0.1) is 7.11 Å². The fourth-order valence-electron chi connectivity index (χ4n) is 4.14. The molecule has 0 spiro atoms. The third-order valence-corrected chi connectivity index (χ3v) is 5.57. The molecule has 1 atom stereocenters. The second-order valence-corrected chi connectivity index (χ2v) is 8.34. The lowest BCUT2D eigenvalue weighted by atomic mass is 10.0. The van der Waals surface area contributed by atoms with Crippen LogP contribution in [0.15, 0.2) is 36.5 Å². The molecule has 0 bridgehead atoms. The van der Waals surface area contributed by atoms with Crippen molar-refractivity contribution >= 4 is 17.1 Å². The number of carbonyl (C=O) groups is 1.